The van der Waals surface area contributed by atoms with E-state index in [1.807, 2.05) is 18.2 Å². The van der Waals surface area contributed by atoms with Gasteiger partial charge in [0.15, 0.2) is 0 Å². The van der Waals surface area contributed by atoms with E-state index >= 15 is 0 Å². The molecule has 0 unspecified atom stereocenters. The number of fused-ring (bicyclic) bond motifs is 1. The Labute approximate surface area is 168 Å². The van der Waals surface area contributed by atoms with E-state index in [2.05, 4.69) is 10.3 Å². The number of para-hydroxylation sites is 2. The minimum Gasteiger partial charge on any atom is -0.465 e. The van der Waals surface area contributed by atoms with Crippen LogP contribution in [0.3, 0.4) is 0 Å². The predicted molar refractivity (Wildman–Crippen MR) is 105 cm³/mol. The molecule has 4 rings (SSSR count). The molecule has 1 saturated heterocycles. The fourth-order valence-electron chi connectivity index (χ4n) is 3.60. The van der Waals surface area contributed by atoms with Crippen molar-refractivity contribution >= 4 is 40.3 Å². The second-order valence-corrected chi connectivity index (χ2v) is 7.88. The fraction of sp³-hybridized carbons (Fsp3) is 0.316. The van der Waals surface area contributed by atoms with Crippen molar-refractivity contribution in [3.63, 3.8) is 0 Å². The Kier molecular flexibility index (Phi) is 5.18. The summed E-state index contributed by atoms with van der Waals surface area (Å²) in [5.41, 5.74) is 1.42. The number of amides is 2. The summed E-state index contributed by atoms with van der Waals surface area (Å²) >= 11 is 0.733. The van der Waals surface area contributed by atoms with Gasteiger partial charge in [0.2, 0.25) is 5.95 Å². The molecule has 2 amide bonds. The molecule has 1 atom stereocenters. The Balaban J connectivity index is 1.64. The molecule has 3 heterocycles. The number of aromatic nitrogens is 2. The monoisotopic (exact) mass is 420 g/mol. The minimum atomic E-state index is -2.63. The van der Waals surface area contributed by atoms with E-state index in [0.29, 0.717) is 18.6 Å². The number of likely N-dealkylation sites (tertiary alicyclic amines) is 1. The highest BCUT2D eigenvalue weighted by Crippen LogP contribution is 2.29. The maximum Gasteiger partial charge on any atom is 0.407 e. The molecule has 0 radical (unpaired) electrons. The van der Waals surface area contributed by atoms with Gasteiger partial charge in [-0.3, -0.25) is 10.1 Å². The first-order chi connectivity index (χ1) is 13.9. The lowest BCUT2D eigenvalue weighted by Gasteiger charge is -2.23. The molecule has 0 aliphatic carbocycles. The number of thiophene rings is 1. The smallest absolute Gasteiger partial charge is 0.407 e. The van der Waals surface area contributed by atoms with Crippen molar-refractivity contribution in [1.29, 1.82) is 0 Å². The molecule has 3 aromatic rings. The summed E-state index contributed by atoms with van der Waals surface area (Å²) in [6, 6.07) is 9.66. The number of nitrogens with zero attached hydrogens (tertiary/aromatic N) is 3. The van der Waals surface area contributed by atoms with Crippen molar-refractivity contribution in [1.82, 2.24) is 14.5 Å². The van der Waals surface area contributed by atoms with Crippen LogP contribution in [-0.4, -0.2) is 44.1 Å². The van der Waals surface area contributed by atoms with Gasteiger partial charge in [-0.25, -0.2) is 18.6 Å². The van der Waals surface area contributed by atoms with E-state index in [4.69, 9.17) is 0 Å². The van der Waals surface area contributed by atoms with Gasteiger partial charge >= 0.3 is 6.09 Å². The van der Waals surface area contributed by atoms with Gasteiger partial charge in [-0.15, -0.1) is 11.3 Å². The third-order valence-corrected chi connectivity index (χ3v) is 6.05. The lowest BCUT2D eigenvalue weighted by Crippen LogP contribution is -2.37. The first-order valence-corrected chi connectivity index (χ1v) is 9.89. The zero-order valence-electron chi connectivity index (χ0n) is 15.2. The quantitative estimate of drug-likeness (QED) is 0.639. The predicted octanol–water partition coefficient (Wildman–Crippen LogP) is 4.43. The summed E-state index contributed by atoms with van der Waals surface area (Å²) < 4.78 is 27.4. The third-order valence-electron chi connectivity index (χ3n) is 4.96. The van der Waals surface area contributed by atoms with Gasteiger partial charge in [0.1, 0.15) is 0 Å². The molecule has 29 heavy (non-hydrogen) atoms. The Morgan fingerprint density at radius 1 is 1.28 bits per heavy atom. The van der Waals surface area contributed by atoms with Gasteiger partial charge in [0, 0.05) is 13.1 Å². The molecule has 2 aromatic heterocycles. The SMILES string of the molecule is O=C(Nc1nc2ccccc2n1C[C@H]1CCCN1C(=O)O)c1ccc(C(F)F)s1. The molecule has 2 N–H and O–H groups in total. The normalized spacial score (nSPS) is 16.7. The third kappa shape index (κ3) is 3.80. The summed E-state index contributed by atoms with van der Waals surface area (Å²) in [4.78, 5) is 29.9. The van der Waals surface area contributed by atoms with Crippen LogP contribution >= 0.6 is 11.3 Å². The number of nitrogens with one attached hydrogen (secondary N) is 1. The topological polar surface area (TPSA) is 87.5 Å². The van der Waals surface area contributed by atoms with Crippen LogP contribution in [0.1, 0.15) is 33.8 Å². The molecule has 7 nitrogen and oxygen atoms in total. The summed E-state index contributed by atoms with van der Waals surface area (Å²) in [5, 5.41) is 12.1. The van der Waals surface area contributed by atoms with Crippen LogP contribution in [0.25, 0.3) is 11.0 Å². The minimum absolute atomic E-state index is 0.159. The van der Waals surface area contributed by atoms with Crippen molar-refractivity contribution in [2.45, 2.75) is 31.9 Å². The van der Waals surface area contributed by atoms with Crippen LogP contribution < -0.4 is 5.32 Å². The lowest BCUT2D eigenvalue weighted by molar-refractivity contribution is 0.102. The van der Waals surface area contributed by atoms with Crippen LogP contribution in [0.15, 0.2) is 36.4 Å². The molecule has 1 aliphatic heterocycles. The number of anilines is 1. The number of alkyl halides is 2. The first-order valence-electron chi connectivity index (χ1n) is 9.08. The summed E-state index contributed by atoms with van der Waals surface area (Å²) in [6.45, 7) is 0.815. The van der Waals surface area contributed by atoms with E-state index in [1.54, 1.807) is 10.6 Å². The Hall–Kier alpha value is -3.01. The summed E-state index contributed by atoms with van der Waals surface area (Å²) in [7, 11) is 0. The Morgan fingerprint density at radius 2 is 2.07 bits per heavy atom. The molecule has 152 valence electrons. The van der Waals surface area contributed by atoms with E-state index in [-0.39, 0.29) is 21.7 Å². The largest absolute Gasteiger partial charge is 0.465 e. The highest BCUT2D eigenvalue weighted by Gasteiger charge is 2.30. The van der Waals surface area contributed by atoms with Gasteiger partial charge in [-0.05, 0) is 37.1 Å². The number of halogens is 2. The second-order valence-electron chi connectivity index (χ2n) is 6.76. The zero-order chi connectivity index (χ0) is 20.5. The van der Waals surface area contributed by atoms with Crippen LogP contribution in [0.2, 0.25) is 0 Å². The number of rotatable bonds is 5. The van der Waals surface area contributed by atoms with Crippen LogP contribution in [0.5, 0.6) is 0 Å². The Morgan fingerprint density at radius 3 is 2.79 bits per heavy atom. The average molecular weight is 420 g/mol. The molecule has 0 saturated carbocycles. The molecule has 0 spiro atoms. The maximum atomic E-state index is 12.8. The van der Waals surface area contributed by atoms with E-state index in [9.17, 15) is 23.5 Å². The Bertz CT molecular complexity index is 1060. The van der Waals surface area contributed by atoms with Gasteiger partial charge in [0.05, 0.1) is 26.8 Å². The van der Waals surface area contributed by atoms with Crippen LogP contribution in [0.4, 0.5) is 19.5 Å². The zero-order valence-corrected chi connectivity index (χ0v) is 16.0. The van der Waals surface area contributed by atoms with Gasteiger partial charge in [0.25, 0.3) is 12.3 Å². The molecular formula is C19H18F2N4O3S. The number of hydrogen-bond donors (Lipinski definition) is 2. The van der Waals surface area contributed by atoms with Crippen LogP contribution in [-0.2, 0) is 6.54 Å². The number of benzene rings is 1. The van der Waals surface area contributed by atoms with E-state index < -0.39 is 18.4 Å². The molecule has 0 bridgehead atoms. The number of carbonyl (C=O) groups excluding carboxylic acids is 1. The molecule has 10 heteroatoms. The van der Waals surface area contributed by atoms with Crippen molar-refractivity contribution in [2.24, 2.45) is 0 Å². The van der Waals surface area contributed by atoms with Crippen molar-refractivity contribution in [3.8, 4) is 0 Å². The summed E-state index contributed by atoms with van der Waals surface area (Å²) in [5.74, 6) is -0.264. The van der Waals surface area contributed by atoms with Crippen LogP contribution in [0, 0.1) is 0 Å². The molecule has 1 aliphatic rings. The highest BCUT2D eigenvalue weighted by atomic mass is 32.1. The van der Waals surface area contributed by atoms with Crippen molar-refractivity contribution in [2.75, 3.05) is 11.9 Å². The van der Waals surface area contributed by atoms with Crippen molar-refractivity contribution in [3.05, 3.63) is 46.2 Å². The van der Waals surface area contributed by atoms with Gasteiger partial charge in [-0.2, -0.15) is 0 Å². The van der Waals surface area contributed by atoms with E-state index in [1.165, 1.54) is 17.0 Å². The number of carboxylic acid groups (broad SMARTS) is 1. The molecule has 1 fully saturated rings. The molecular weight excluding hydrogens is 402 g/mol. The maximum absolute atomic E-state index is 12.8. The first kappa shape index (κ1) is 19.3. The fourth-order valence-corrected chi connectivity index (χ4v) is 4.36. The van der Waals surface area contributed by atoms with Gasteiger partial charge < -0.3 is 14.6 Å². The number of imidazole rings is 1. The summed E-state index contributed by atoms with van der Waals surface area (Å²) in [6.07, 6.45) is -2.11. The van der Waals surface area contributed by atoms with Gasteiger partial charge in [-0.1, -0.05) is 12.1 Å². The highest BCUT2D eigenvalue weighted by molar-refractivity contribution is 7.14. The average Bonchev–Trinajstić information content (AvgIpc) is 3.41. The number of hydrogen-bond acceptors (Lipinski definition) is 4. The van der Waals surface area contributed by atoms with Crippen molar-refractivity contribution < 1.29 is 23.5 Å². The second kappa shape index (κ2) is 7.78. The molecule has 1 aromatic carbocycles. The standard InChI is InChI=1S/C19H18F2N4O3S/c20-16(21)14-7-8-15(29-14)17(26)23-18-22-12-5-1-2-6-13(12)25(18)10-11-4-3-9-24(11)19(27)28/h1-2,5-8,11,16H,3-4,9-10H2,(H,27,28)(H,22,23,26)/t11-/m1/s1. The lowest BCUT2D eigenvalue weighted by atomic mass is 10.2. The van der Waals surface area contributed by atoms with E-state index in [0.717, 1.165) is 29.7 Å². The number of carbonyl (C=O) groups is 2.